The van der Waals surface area contributed by atoms with Crippen LogP contribution in [0.1, 0.15) is 39.7 Å². The molecule has 26 heavy (non-hydrogen) atoms. The number of halogens is 3. The topological polar surface area (TPSA) is 35.6 Å². The van der Waals surface area contributed by atoms with Crippen LogP contribution in [0.4, 0.5) is 24.5 Å². The summed E-state index contributed by atoms with van der Waals surface area (Å²) in [6, 6.07) is 3.66. The van der Waals surface area contributed by atoms with Crippen LogP contribution >= 0.6 is 0 Å². The Kier molecular flexibility index (Phi) is 6.96. The number of hydrogen-bond acceptors (Lipinski definition) is 3. The molecule has 1 aromatic rings. The van der Waals surface area contributed by atoms with Gasteiger partial charge in [0.25, 0.3) is 0 Å². The summed E-state index contributed by atoms with van der Waals surface area (Å²) in [4.78, 5) is 15.9. The van der Waals surface area contributed by atoms with Crippen molar-refractivity contribution in [2.75, 3.05) is 37.9 Å². The third kappa shape index (κ3) is 5.54. The molecule has 1 N–H and O–H groups in total. The highest BCUT2D eigenvalue weighted by atomic mass is 19.4. The van der Waals surface area contributed by atoms with Crippen LogP contribution < -0.4 is 10.2 Å². The standard InChI is InChI=1S/C19H30F3N3O/c1-8-16(17(26)24(6)7)25(12-18(2,3)4)13-9-10-15(23-5)14(11-13)19(20,21)22/h9-11,16,23H,8,12H2,1-7H3. The molecular weight excluding hydrogens is 343 g/mol. The Bertz CT molecular complexity index is 621. The summed E-state index contributed by atoms with van der Waals surface area (Å²) in [6.07, 6.45) is -3.97. The predicted molar refractivity (Wildman–Crippen MR) is 101 cm³/mol. The van der Waals surface area contributed by atoms with Crippen molar-refractivity contribution in [2.45, 2.75) is 46.3 Å². The molecule has 1 atom stereocenters. The Morgan fingerprint density at radius 2 is 1.77 bits per heavy atom. The van der Waals surface area contributed by atoms with Crippen LogP contribution in [0.25, 0.3) is 0 Å². The normalized spacial score (nSPS) is 13.3. The lowest BCUT2D eigenvalue weighted by molar-refractivity contribution is -0.136. The second kappa shape index (κ2) is 8.18. The minimum Gasteiger partial charge on any atom is -0.388 e. The minimum absolute atomic E-state index is 0.0175. The van der Waals surface area contributed by atoms with E-state index < -0.39 is 17.8 Å². The fourth-order valence-corrected chi connectivity index (χ4v) is 2.88. The van der Waals surface area contributed by atoms with Crippen molar-refractivity contribution >= 4 is 17.3 Å². The number of nitrogens with zero attached hydrogens (tertiary/aromatic N) is 2. The smallest absolute Gasteiger partial charge is 0.388 e. The highest BCUT2D eigenvalue weighted by molar-refractivity contribution is 5.85. The lowest BCUT2D eigenvalue weighted by Crippen LogP contribution is -2.49. The number of alkyl halides is 3. The zero-order valence-electron chi connectivity index (χ0n) is 16.7. The van der Waals surface area contributed by atoms with Crippen LogP contribution in [-0.2, 0) is 11.0 Å². The SMILES string of the molecule is CCC(C(=O)N(C)C)N(CC(C)(C)C)c1ccc(NC)c(C(F)(F)F)c1. The maximum atomic E-state index is 13.5. The fourth-order valence-electron chi connectivity index (χ4n) is 2.88. The lowest BCUT2D eigenvalue weighted by Gasteiger charge is -2.38. The van der Waals surface area contributed by atoms with E-state index in [4.69, 9.17) is 0 Å². The average molecular weight is 373 g/mol. The summed E-state index contributed by atoms with van der Waals surface area (Å²) in [5, 5.41) is 2.59. The second-order valence-electron chi connectivity index (χ2n) is 7.82. The molecule has 0 aliphatic rings. The molecular formula is C19H30F3N3O. The van der Waals surface area contributed by atoms with Gasteiger partial charge >= 0.3 is 6.18 Å². The van der Waals surface area contributed by atoms with Gasteiger partial charge in [-0.2, -0.15) is 13.2 Å². The number of nitrogens with one attached hydrogen (secondary N) is 1. The lowest BCUT2D eigenvalue weighted by atomic mass is 9.94. The van der Waals surface area contributed by atoms with Gasteiger partial charge in [0, 0.05) is 39.1 Å². The first kappa shape index (κ1) is 22.1. The molecule has 0 aromatic heterocycles. The molecule has 4 nitrogen and oxygen atoms in total. The molecule has 0 radical (unpaired) electrons. The highest BCUT2D eigenvalue weighted by Gasteiger charge is 2.35. The zero-order valence-corrected chi connectivity index (χ0v) is 16.7. The number of rotatable bonds is 6. The molecule has 0 bridgehead atoms. The van der Waals surface area contributed by atoms with Gasteiger partial charge in [-0.1, -0.05) is 27.7 Å². The number of anilines is 2. The molecule has 0 fully saturated rings. The first-order chi connectivity index (χ1) is 11.8. The minimum atomic E-state index is -4.48. The molecule has 0 aliphatic heterocycles. The van der Waals surface area contributed by atoms with Crippen LogP contribution in [0.5, 0.6) is 0 Å². The molecule has 1 aromatic carbocycles. The number of carbonyl (C=O) groups is 1. The monoisotopic (exact) mass is 373 g/mol. The summed E-state index contributed by atoms with van der Waals surface area (Å²) in [7, 11) is 4.78. The fraction of sp³-hybridized carbons (Fsp3) is 0.632. The maximum absolute atomic E-state index is 13.5. The van der Waals surface area contributed by atoms with Gasteiger partial charge in [-0.25, -0.2) is 0 Å². The van der Waals surface area contributed by atoms with Crippen LogP contribution in [0.3, 0.4) is 0 Å². The van der Waals surface area contributed by atoms with Crippen LogP contribution in [-0.4, -0.2) is 44.5 Å². The van der Waals surface area contributed by atoms with Crippen LogP contribution in [0.15, 0.2) is 18.2 Å². The highest BCUT2D eigenvalue weighted by Crippen LogP contribution is 2.38. The number of benzene rings is 1. The summed E-state index contributed by atoms with van der Waals surface area (Å²) < 4.78 is 40.4. The third-order valence-electron chi connectivity index (χ3n) is 4.04. The van der Waals surface area contributed by atoms with Gasteiger partial charge < -0.3 is 15.1 Å². The molecule has 0 saturated heterocycles. The second-order valence-corrected chi connectivity index (χ2v) is 7.82. The van der Waals surface area contributed by atoms with E-state index in [2.05, 4.69) is 5.32 Å². The molecule has 0 spiro atoms. The molecule has 1 amide bonds. The van der Waals surface area contributed by atoms with Gasteiger partial charge in [0.15, 0.2) is 0 Å². The van der Waals surface area contributed by atoms with Crippen molar-refractivity contribution in [1.82, 2.24) is 4.90 Å². The molecule has 7 heteroatoms. The molecule has 0 aliphatic carbocycles. The van der Waals surface area contributed by atoms with Gasteiger partial charge in [0.1, 0.15) is 6.04 Å². The summed E-state index contributed by atoms with van der Waals surface area (Å²) >= 11 is 0. The molecule has 148 valence electrons. The number of amides is 1. The van der Waals surface area contributed by atoms with E-state index in [-0.39, 0.29) is 17.0 Å². The van der Waals surface area contributed by atoms with Crippen molar-refractivity contribution in [3.05, 3.63) is 23.8 Å². The van der Waals surface area contributed by atoms with E-state index >= 15 is 0 Å². The van der Waals surface area contributed by atoms with Gasteiger partial charge in [-0.15, -0.1) is 0 Å². The van der Waals surface area contributed by atoms with E-state index in [1.54, 1.807) is 25.1 Å². The summed E-state index contributed by atoms with van der Waals surface area (Å²) in [5.41, 5.74) is -0.513. The maximum Gasteiger partial charge on any atom is 0.418 e. The molecule has 0 saturated carbocycles. The molecule has 1 unspecified atom stereocenters. The Morgan fingerprint density at radius 3 is 2.15 bits per heavy atom. The van der Waals surface area contributed by atoms with Gasteiger partial charge in [0.05, 0.1) is 5.56 Å². The Labute approximate surface area is 154 Å². The van der Waals surface area contributed by atoms with Crippen molar-refractivity contribution in [3.8, 4) is 0 Å². The first-order valence-corrected chi connectivity index (χ1v) is 8.68. The van der Waals surface area contributed by atoms with Gasteiger partial charge in [-0.3, -0.25) is 4.79 Å². The van der Waals surface area contributed by atoms with E-state index in [9.17, 15) is 18.0 Å². The van der Waals surface area contributed by atoms with Crippen molar-refractivity contribution in [2.24, 2.45) is 5.41 Å². The zero-order chi connectivity index (χ0) is 20.3. The number of hydrogen-bond donors (Lipinski definition) is 1. The first-order valence-electron chi connectivity index (χ1n) is 8.68. The number of carbonyl (C=O) groups excluding carboxylic acids is 1. The predicted octanol–water partition coefficient (Wildman–Crippen LogP) is 4.47. The molecule has 1 rings (SSSR count). The average Bonchev–Trinajstić information content (AvgIpc) is 2.51. The number of likely N-dealkylation sites (N-methyl/N-ethyl adjacent to an activating group) is 1. The van der Waals surface area contributed by atoms with Gasteiger partial charge in [-0.05, 0) is 30.0 Å². The Balaban J connectivity index is 3.50. The Morgan fingerprint density at radius 1 is 1.19 bits per heavy atom. The summed E-state index contributed by atoms with van der Waals surface area (Å²) in [6.45, 7) is 8.33. The quantitative estimate of drug-likeness (QED) is 0.799. The van der Waals surface area contributed by atoms with Crippen molar-refractivity contribution < 1.29 is 18.0 Å². The van der Waals surface area contributed by atoms with E-state index in [0.717, 1.165) is 6.07 Å². The van der Waals surface area contributed by atoms with E-state index in [1.165, 1.54) is 18.0 Å². The van der Waals surface area contributed by atoms with Crippen LogP contribution in [0.2, 0.25) is 0 Å². The van der Waals surface area contributed by atoms with Crippen LogP contribution in [0, 0.1) is 5.41 Å². The van der Waals surface area contributed by atoms with E-state index in [0.29, 0.717) is 18.7 Å². The van der Waals surface area contributed by atoms with Crippen molar-refractivity contribution in [1.29, 1.82) is 0 Å². The van der Waals surface area contributed by atoms with Crippen molar-refractivity contribution in [3.63, 3.8) is 0 Å². The van der Waals surface area contributed by atoms with E-state index in [1.807, 2.05) is 27.7 Å². The third-order valence-corrected chi connectivity index (χ3v) is 4.04. The van der Waals surface area contributed by atoms with Gasteiger partial charge in [0.2, 0.25) is 5.91 Å². The summed E-state index contributed by atoms with van der Waals surface area (Å²) in [5.74, 6) is -0.122. The largest absolute Gasteiger partial charge is 0.418 e. The Hall–Kier alpha value is -1.92. The molecule has 0 heterocycles.